The van der Waals surface area contributed by atoms with Gasteiger partial charge in [0.15, 0.2) is 0 Å². The largest absolute Gasteiger partial charge is 0.377 e. The highest BCUT2D eigenvalue weighted by Crippen LogP contribution is 2.39. The molecule has 0 aliphatic carbocycles. The van der Waals surface area contributed by atoms with Crippen LogP contribution < -0.4 is 5.32 Å². The van der Waals surface area contributed by atoms with E-state index >= 15 is 0 Å². The van der Waals surface area contributed by atoms with Crippen LogP contribution in [-0.2, 0) is 6.42 Å². The van der Waals surface area contributed by atoms with Crippen molar-refractivity contribution >= 4 is 16.5 Å². The van der Waals surface area contributed by atoms with Crippen molar-refractivity contribution in [1.82, 2.24) is 0 Å². The van der Waals surface area contributed by atoms with Crippen molar-refractivity contribution in [1.29, 1.82) is 0 Å². The second-order valence-electron chi connectivity index (χ2n) is 6.54. The van der Waals surface area contributed by atoms with E-state index in [0.29, 0.717) is 12.0 Å². The predicted molar refractivity (Wildman–Crippen MR) is 94.5 cm³/mol. The summed E-state index contributed by atoms with van der Waals surface area (Å²) in [7, 11) is 0. The summed E-state index contributed by atoms with van der Waals surface area (Å²) in [5.74, 6) is 0.590. The average molecular weight is 287 g/mol. The van der Waals surface area contributed by atoms with Gasteiger partial charge in [0.2, 0.25) is 0 Å². The summed E-state index contributed by atoms with van der Waals surface area (Å²) < 4.78 is 0. The third kappa shape index (κ3) is 2.18. The number of benzene rings is 3. The zero-order chi connectivity index (χ0) is 15.1. The van der Waals surface area contributed by atoms with Crippen molar-refractivity contribution in [3.63, 3.8) is 0 Å². The zero-order valence-electron chi connectivity index (χ0n) is 13.1. The monoisotopic (exact) mass is 287 g/mol. The first-order valence-electron chi connectivity index (χ1n) is 8.09. The molecule has 0 spiro atoms. The first kappa shape index (κ1) is 13.4. The molecule has 1 nitrogen and oxygen atoms in total. The highest BCUT2D eigenvalue weighted by Gasteiger charge is 2.23. The fourth-order valence-corrected chi connectivity index (χ4v) is 3.42. The second-order valence-corrected chi connectivity index (χ2v) is 6.54. The second kappa shape index (κ2) is 5.17. The van der Waals surface area contributed by atoms with Gasteiger partial charge in [0.25, 0.3) is 0 Å². The number of rotatable bonds is 2. The summed E-state index contributed by atoms with van der Waals surface area (Å²) in [5.41, 5.74) is 5.53. The molecular formula is C21H21N. The molecule has 1 heteroatoms. The minimum Gasteiger partial charge on any atom is -0.377 e. The van der Waals surface area contributed by atoms with E-state index in [2.05, 4.69) is 79.8 Å². The molecule has 0 fully saturated rings. The van der Waals surface area contributed by atoms with Gasteiger partial charge in [-0.1, -0.05) is 74.5 Å². The summed E-state index contributed by atoms with van der Waals surface area (Å²) in [4.78, 5) is 0. The minimum atomic E-state index is 0.391. The number of fused-ring (bicyclic) bond motifs is 3. The van der Waals surface area contributed by atoms with Gasteiger partial charge in [-0.15, -0.1) is 0 Å². The van der Waals surface area contributed by atoms with E-state index in [4.69, 9.17) is 0 Å². The lowest BCUT2D eigenvalue weighted by atomic mass is 9.97. The molecular weight excluding hydrogens is 266 g/mol. The maximum Gasteiger partial charge on any atom is 0.0555 e. The van der Waals surface area contributed by atoms with E-state index in [1.165, 1.54) is 33.2 Å². The van der Waals surface area contributed by atoms with Crippen LogP contribution >= 0.6 is 0 Å². The quantitative estimate of drug-likeness (QED) is 0.640. The fraction of sp³-hybridized carbons (Fsp3) is 0.238. The van der Waals surface area contributed by atoms with Crippen LogP contribution in [0.5, 0.6) is 0 Å². The molecule has 22 heavy (non-hydrogen) atoms. The molecule has 4 rings (SSSR count). The van der Waals surface area contributed by atoms with Gasteiger partial charge < -0.3 is 5.32 Å². The van der Waals surface area contributed by atoms with Gasteiger partial charge in [-0.3, -0.25) is 0 Å². The summed E-state index contributed by atoms with van der Waals surface area (Å²) in [6.45, 7) is 4.48. The molecule has 1 atom stereocenters. The lowest BCUT2D eigenvalue weighted by Gasteiger charge is -2.14. The van der Waals surface area contributed by atoms with Crippen molar-refractivity contribution in [3.05, 3.63) is 77.4 Å². The van der Waals surface area contributed by atoms with Gasteiger partial charge in [0.05, 0.1) is 6.04 Å². The third-order valence-electron chi connectivity index (χ3n) is 4.76. The summed E-state index contributed by atoms with van der Waals surface area (Å²) in [6.07, 6.45) is 1.07. The molecule has 0 saturated carbocycles. The normalized spacial score (nSPS) is 16.8. The molecule has 110 valence electrons. The Bertz CT molecular complexity index is 815. The Kier molecular flexibility index (Phi) is 3.15. The summed E-state index contributed by atoms with van der Waals surface area (Å²) in [5, 5.41) is 6.39. The highest BCUT2D eigenvalue weighted by atomic mass is 15.0. The molecule has 0 saturated heterocycles. The topological polar surface area (TPSA) is 12.0 Å². The molecule has 0 amide bonds. The van der Waals surface area contributed by atoms with Crippen LogP contribution in [0.3, 0.4) is 0 Å². The zero-order valence-corrected chi connectivity index (χ0v) is 13.1. The standard InChI is InChI=1S/C21H21N/c1-14(2)15-7-10-17(11-8-15)20-13-18-12-9-16-5-3-4-6-19(16)21(18)22-20/h3-12,14,20,22H,13H2,1-2H3. The fourth-order valence-electron chi connectivity index (χ4n) is 3.42. The van der Waals surface area contributed by atoms with Crippen LogP contribution in [0.15, 0.2) is 60.7 Å². The lowest BCUT2D eigenvalue weighted by Crippen LogP contribution is -2.05. The maximum atomic E-state index is 3.74. The number of anilines is 1. The Morgan fingerprint density at radius 3 is 2.45 bits per heavy atom. The molecule has 0 bridgehead atoms. The van der Waals surface area contributed by atoms with Crippen LogP contribution in [0.1, 0.15) is 42.5 Å². The first-order valence-corrected chi connectivity index (χ1v) is 8.09. The number of hydrogen-bond acceptors (Lipinski definition) is 1. The Morgan fingerprint density at radius 1 is 0.909 bits per heavy atom. The smallest absolute Gasteiger partial charge is 0.0555 e. The summed E-state index contributed by atoms with van der Waals surface area (Å²) in [6, 6.07) is 22.6. The van der Waals surface area contributed by atoms with Crippen molar-refractivity contribution in [2.45, 2.75) is 32.2 Å². The molecule has 1 N–H and O–H groups in total. The molecule has 1 aliphatic rings. The molecule has 0 radical (unpaired) electrons. The minimum absolute atomic E-state index is 0.391. The molecule has 1 unspecified atom stereocenters. The number of hydrogen-bond donors (Lipinski definition) is 1. The third-order valence-corrected chi connectivity index (χ3v) is 4.76. The van der Waals surface area contributed by atoms with Gasteiger partial charge in [0, 0.05) is 11.1 Å². The SMILES string of the molecule is CC(C)c1ccc(C2Cc3ccc4ccccc4c3N2)cc1. The van der Waals surface area contributed by atoms with E-state index < -0.39 is 0 Å². The van der Waals surface area contributed by atoms with Gasteiger partial charge in [0.1, 0.15) is 0 Å². The van der Waals surface area contributed by atoms with E-state index in [-0.39, 0.29) is 0 Å². The van der Waals surface area contributed by atoms with Crippen LogP contribution in [0, 0.1) is 0 Å². The van der Waals surface area contributed by atoms with Crippen LogP contribution in [-0.4, -0.2) is 0 Å². The van der Waals surface area contributed by atoms with Crippen LogP contribution in [0.4, 0.5) is 5.69 Å². The summed E-state index contributed by atoms with van der Waals surface area (Å²) >= 11 is 0. The predicted octanol–water partition coefficient (Wildman–Crippen LogP) is 5.67. The molecule has 1 aliphatic heterocycles. The molecule has 0 aromatic heterocycles. The Hall–Kier alpha value is -2.28. The van der Waals surface area contributed by atoms with E-state index in [1.807, 2.05) is 0 Å². The highest BCUT2D eigenvalue weighted by molar-refractivity contribution is 5.96. The molecule has 3 aromatic carbocycles. The Morgan fingerprint density at radius 2 is 1.68 bits per heavy atom. The van der Waals surface area contributed by atoms with Gasteiger partial charge in [-0.25, -0.2) is 0 Å². The first-order chi connectivity index (χ1) is 10.7. The van der Waals surface area contributed by atoms with Gasteiger partial charge >= 0.3 is 0 Å². The number of nitrogens with one attached hydrogen (secondary N) is 1. The Labute approximate surface area is 132 Å². The van der Waals surface area contributed by atoms with E-state index in [1.54, 1.807) is 0 Å². The van der Waals surface area contributed by atoms with Crippen molar-refractivity contribution in [2.24, 2.45) is 0 Å². The van der Waals surface area contributed by atoms with E-state index in [9.17, 15) is 0 Å². The van der Waals surface area contributed by atoms with Crippen molar-refractivity contribution < 1.29 is 0 Å². The lowest BCUT2D eigenvalue weighted by molar-refractivity contribution is 0.817. The van der Waals surface area contributed by atoms with Crippen molar-refractivity contribution in [2.75, 3.05) is 5.32 Å². The van der Waals surface area contributed by atoms with Crippen LogP contribution in [0.2, 0.25) is 0 Å². The Balaban J connectivity index is 1.68. The molecule has 1 heterocycles. The van der Waals surface area contributed by atoms with Crippen molar-refractivity contribution in [3.8, 4) is 0 Å². The average Bonchev–Trinajstić information content (AvgIpc) is 2.99. The van der Waals surface area contributed by atoms with Crippen LogP contribution in [0.25, 0.3) is 10.8 Å². The van der Waals surface area contributed by atoms with Gasteiger partial charge in [-0.2, -0.15) is 0 Å². The van der Waals surface area contributed by atoms with Gasteiger partial charge in [-0.05, 0) is 34.4 Å². The van der Waals surface area contributed by atoms with E-state index in [0.717, 1.165) is 6.42 Å². The molecule has 3 aromatic rings. The maximum absolute atomic E-state index is 3.74.